The number of furan rings is 1. The van der Waals surface area contributed by atoms with Gasteiger partial charge in [-0.05, 0) is 70.2 Å². The van der Waals surface area contributed by atoms with Crippen LogP contribution in [0.5, 0.6) is 0 Å². The number of allylic oxidation sites excluding steroid dienone is 2. The number of rotatable bonds is 7. The SMILES string of the molecule is CC1=CC(c2ccccc2)C=C(C)C1(OC(=O)c1oc2ccccc2c1C)S(=O)(=O)N(CC(C)C)C(=O)OC(C)(C)C. The molecule has 0 N–H and O–H groups in total. The first-order valence-electron chi connectivity index (χ1n) is 14.0. The Labute approximate surface area is 248 Å². The zero-order chi connectivity index (χ0) is 31.0. The van der Waals surface area contributed by atoms with E-state index in [9.17, 15) is 18.0 Å². The highest BCUT2D eigenvalue weighted by Gasteiger charge is 2.57. The third-order valence-electron chi connectivity index (χ3n) is 7.13. The molecule has 1 aliphatic rings. The molecule has 0 atom stereocenters. The van der Waals surface area contributed by atoms with Crippen LogP contribution in [0.25, 0.3) is 11.0 Å². The summed E-state index contributed by atoms with van der Waals surface area (Å²) in [6.45, 7) is 13.3. The van der Waals surface area contributed by atoms with Gasteiger partial charge in [-0.25, -0.2) is 22.3 Å². The third kappa shape index (κ3) is 5.75. The van der Waals surface area contributed by atoms with Crippen LogP contribution in [0, 0.1) is 12.8 Å². The molecule has 1 heterocycles. The Morgan fingerprint density at radius 1 is 0.952 bits per heavy atom. The molecule has 2 aromatic carbocycles. The van der Waals surface area contributed by atoms with Gasteiger partial charge in [0.1, 0.15) is 11.2 Å². The van der Waals surface area contributed by atoms with Crippen LogP contribution in [0.15, 0.2) is 82.3 Å². The molecule has 0 unspecified atom stereocenters. The number of carbonyl (C=O) groups excluding carboxylic acids is 2. The maximum atomic E-state index is 14.8. The zero-order valence-electron chi connectivity index (χ0n) is 25.4. The lowest BCUT2D eigenvalue weighted by Crippen LogP contribution is -2.56. The van der Waals surface area contributed by atoms with Crippen molar-refractivity contribution in [1.82, 2.24) is 4.31 Å². The number of para-hydroxylation sites is 1. The second kappa shape index (κ2) is 11.4. The van der Waals surface area contributed by atoms with E-state index in [1.54, 1.807) is 79.7 Å². The van der Waals surface area contributed by atoms with Gasteiger partial charge in [-0.15, -0.1) is 0 Å². The number of fused-ring (bicyclic) bond motifs is 1. The number of amides is 1. The number of benzene rings is 2. The second-order valence-electron chi connectivity index (χ2n) is 12.1. The largest absolute Gasteiger partial charge is 0.449 e. The van der Waals surface area contributed by atoms with Crippen LogP contribution in [-0.2, 0) is 19.5 Å². The van der Waals surface area contributed by atoms with Crippen LogP contribution in [0.1, 0.15) is 76.1 Å². The first-order valence-corrected chi connectivity index (χ1v) is 15.4. The average Bonchev–Trinajstić information content (AvgIpc) is 3.25. The molecule has 3 aromatic rings. The van der Waals surface area contributed by atoms with Crippen LogP contribution < -0.4 is 0 Å². The lowest BCUT2D eigenvalue weighted by Gasteiger charge is -2.41. The molecule has 1 aromatic heterocycles. The molecule has 0 saturated carbocycles. The van der Waals surface area contributed by atoms with E-state index in [0.717, 1.165) is 5.56 Å². The Bertz CT molecular complexity index is 1640. The highest BCUT2D eigenvalue weighted by Crippen LogP contribution is 2.45. The maximum Gasteiger partial charge on any atom is 0.424 e. The standard InChI is InChI=1S/C33H39NO7S/c1-21(2)20-34(31(36)41-32(6,7)8)42(37,38)33(22(3)18-26(19-23(33)4)25-14-10-9-11-15-25)40-30(35)29-24(5)27-16-12-13-17-28(27)39-29/h9-19,21,26H,20H2,1-8H3. The first kappa shape index (κ1) is 31.1. The summed E-state index contributed by atoms with van der Waals surface area (Å²) in [5.74, 6) is -1.59. The molecule has 8 nitrogen and oxygen atoms in total. The Morgan fingerprint density at radius 3 is 2.07 bits per heavy atom. The number of hydrogen-bond acceptors (Lipinski definition) is 7. The summed E-state index contributed by atoms with van der Waals surface area (Å²) in [6, 6.07) is 16.7. The molecule has 0 aliphatic heterocycles. The highest BCUT2D eigenvalue weighted by atomic mass is 32.2. The molecule has 0 radical (unpaired) electrons. The predicted molar refractivity (Wildman–Crippen MR) is 162 cm³/mol. The first-order chi connectivity index (χ1) is 19.6. The second-order valence-corrected chi connectivity index (χ2v) is 14.1. The molecular formula is C33H39NO7S. The van der Waals surface area contributed by atoms with Crippen molar-refractivity contribution >= 4 is 33.1 Å². The minimum absolute atomic E-state index is 0.107. The number of nitrogens with zero attached hydrogens (tertiary/aromatic N) is 1. The number of esters is 1. The number of hydrogen-bond donors (Lipinski definition) is 0. The average molecular weight is 594 g/mol. The maximum absolute atomic E-state index is 14.8. The molecule has 1 amide bonds. The minimum Gasteiger partial charge on any atom is -0.449 e. The summed E-state index contributed by atoms with van der Waals surface area (Å²) in [4.78, 5) is 25.0. The number of aryl methyl sites for hydroxylation is 1. The lowest BCUT2D eigenvalue weighted by molar-refractivity contribution is 0.0239. The summed E-state index contributed by atoms with van der Waals surface area (Å²) >= 11 is 0. The molecule has 0 saturated heterocycles. The lowest BCUT2D eigenvalue weighted by atomic mass is 9.86. The Balaban J connectivity index is 1.90. The van der Waals surface area contributed by atoms with Gasteiger partial charge in [-0.3, -0.25) is 0 Å². The summed E-state index contributed by atoms with van der Waals surface area (Å²) in [5.41, 5.74) is 1.47. The Kier molecular flexibility index (Phi) is 8.47. The van der Waals surface area contributed by atoms with Gasteiger partial charge in [0.05, 0.1) is 0 Å². The monoisotopic (exact) mass is 593 g/mol. The van der Waals surface area contributed by atoms with Crippen molar-refractivity contribution in [3.8, 4) is 0 Å². The quantitative estimate of drug-likeness (QED) is 0.206. The normalized spacial score (nSPS) is 19.3. The smallest absolute Gasteiger partial charge is 0.424 e. The van der Waals surface area contributed by atoms with Gasteiger partial charge in [0, 0.05) is 23.4 Å². The number of carbonyl (C=O) groups is 2. The van der Waals surface area contributed by atoms with Gasteiger partial charge < -0.3 is 13.9 Å². The molecule has 1 aliphatic carbocycles. The van der Waals surface area contributed by atoms with Gasteiger partial charge in [-0.1, -0.05) is 74.5 Å². The summed E-state index contributed by atoms with van der Waals surface area (Å²) < 4.78 is 47.8. The summed E-state index contributed by atoms with van der Waals surface area (Å²) in [7, 11) is -4.76. The van der Waals surface area contributed by atoms with Gasteiger partial charge in [0.15, 0.2) is 0 Å². The van der Waals surface area contributed by atoms with Crippen molar-refractivity contribution in [3.63, 3.8) is 0 Å². The van der Waals surface area contributed by atoms with E-state index >= 15 is 0 Å². The van der Waals surface area contributed by atoms with E-state index in [0.29, 0.717) is 20.8 Å². The van der Waals surface area contributed by atoms with Crippen molar-refractivity contribution in [1.29, 1.82) is 0 Å². The fourth-order valence-corrected chi connectivity index (χ4v) is 7.39. The number of ether oxygens (including phenoxy) is 2. The van der Waals surface area contributed by atoms with E-state index in [1.807, 2.05) is 42.5 Å². The molecular weight excluding hydrogens is 554 g/mol. The molecule has 4 rings (SSSR count). The fraction of sp³-hybridized carbons (Fsp3) is 0.394. The summed E-state index contributed by atoms with van der Waals surface area (Å²) in [6.07, 6.45) is 2.46. The van der Waals surface area contributed by atoms with Crippen LogP contribution in [0.4, 0.5) is 4.79 Å². The van der Waals surface area contributed by atoms with Gasteiger partial charge >= 0.3 is 12.1 Å². The molecule has 224 valence electrons. The van der Waals surface area contributed by atoms with E-state index < -0.39 is 32.6 Å². The van der Waals surface area contributed by atoms with E-state index in [4.69, 9.17) is 13.9 Å². The van der Waals surface area contributed by atoms with Crippen LogP contribution in [0.3, 0.4) is 0 Å². The van der Waals surface area contributed by atoms with Crippen molar-refractivity contribution in [2.45, 2.75) is 71.8 Å². The Hall–Kier alpha value is -3.85. The third-order valence-corrected chi connectivity index (χ3v) is 9.46. The number of sulfonamides is 1. The molecule has 9 heteroatoms. The van der Waals surface area contributed by atoms with E-state index in [2.05, 4.69) is 0 Å². The van der Waals surface area contributed by atoms with Gasteiger partial charge in [0.2, 0.25) is 5.76 Å². The molecule has 0 fully saturated rings. The molecule has 0 spiro atoms. The van der Waals surface area contributed by atoms with Crippen LogP contribution >= 0.6 is 0 Å². The fourth-order valence-electron chi connectivity index (χ4n) is 5.22. The van der Waals surface area contributed by atoms with E-state index in [1.165, 1.54) is 0 Å². The molecule has 0 bridgehead atoms. The van der Waals surface area contributed by atoms with Gasteiger partial charge in [0.25, 0.3) is 15.0 Å². The van der Waals surface area contributed by atoms with E-state index in [-0.39, 0.29) is 35.3 Å². The minimum atomic E-state index is -4.76. The Morgan fingerprint density at radius 2 is 1.52 bits per heavy atom. The predicted octanol–water partition coefficient (Wildman–Crippen LogP) is 7.51. The van der Waals surface area contributed by atoms with Crippen LogP contribution in [-0.4, -0.2) is 41.9 Å². The highest BCUT2D eigenvalue weighted by molar-refractivity contribution is 7.91. The van der Waals surface area contributed by atoms with Gasteiger partial charge in [-0.2, -0.15) is 0 Å². The van der Waals surface area contributed by atoms with Crippen molar-refractivity contribution in [2.75, 3.05) is 6.54 Å². The summed E-state index contributed by atoms with van der Waals surface area (Å²) in [5, 5.41) is 0.712. The zero-order valence-corrected chi connectivity index (χ0v) is 26.2. The topological polar surface area (TPSA) is 103 Å². The van der Waals surface area contributed by atoms with Crippen molar-refractivity contribution in [2.24, 2.45) is 5.92 Å². The van der Waals surface area contributed by atoms with Crippen LogP contribution in [0.2, 0.25) is 0 Å². The molecule has 42 heavy (non-hydrogen) atoms. The van der Waals surface area contributed by atoms with Crippen molar-refractivity contribution in [3.05, 3.63) is 94.8 Å². The van der Waals surface area contributed by atoms with Crippen molar-refractivity contribution < 1.29 is 31.9 Å².